The lowest BCUT2D eigenvalue weighted by Crippen LogP contribution is -2.35. The molecule has 0 aromatic heterocycles. The molecule has 0 aliphatic carbocycles. The summed E-state index contributed by atoms with van der Waals surface area (Å²) < 4.78 is 5.90. The standard InChI is InChI=1S/C26H23NO3/c1-26(2)17-23(28)22-16-20(13-14-24(22)30-26)27-25(29)21(19-11-7-4-8-12-19)15-18-9-5-3-6-10-18/h3-16H,17H2,1-2H3,(H,27,29)/b21-15-. The third kappa shape index (κ3) is 4.33. The van der Waals surface area contributed by atoms with Gasteiger partial charge in [-0.2, -0.15) is 0 Å². The number of nitrogens with one attached hydrogen (secondary N) is 1. The van der Waals surface area contributed by atoms with Gasteiger partial charge in [0.1, 0.15) is 11.4 Å². The Morgan fingerprint density at radius 1 is 0.967 bits per heavy atom. The number of carbonyl (C=O) groups is 2. The number of amides is 1. The number of benzene rings is 3. The van der Waals surface area contributed by atoms with E-state index in [1.165, 1.54) is 0 Å². The van der Waals surface area contributed by atoms with Crippen LogP contribution in [-0.2, 0) is 4.79 Å². The van der Waals surface area contributed by atoms with Gasteiger partial charge in [0.15, 0.2) is 5.78 Å². The molecule has 0 unspecified atom stereocenters. The van der Waals surface area contributed by atoms with Gasteiger partial charge in [-0.25, -0.2) is 0 Å². The van der Waals surface area contributed by atoms with Crippen LogP contribution in [0.2, 0.25) is 0 Å². The summed E-state index contributed by atoms with van der Waals surface area (Å²) in [6, 6.07) is 24.4. The van der Waals surface area contributed by atoms with Crippen LogP contribution in [0.5, 0.6) is 5.75 Å². The lowest BCUT2D eigenvalue weighted by molar-refractivity contribution is -0.111. The predicted octanol–water partition coefficient (Wildman–Crippen LogP) is 5.61. The monoisotopic (exact) mass is 397 g/mol. The van der Waals surface area contributed by atoms with Gasteiger partial charge in [-0.3, -0.25) is 9.59 Å². The molecule has 0 saturated heterocycles. The highest BCUT2D eigenvalue weighted by Crippen LogP contribution is 2.34. The number of ketones is 1. The zero-order valence-corrected chi connectivity index (χ0v) is 17.0. The Hall–Kier alpha value is -3.66. The zero-order chi connectivity index (χ0) is 21.1. The number of ether oxygens (including phenoxy) is 1. The molecule has 0 saturated carbocycles. The van der Waals surface area contributed by atoms with E-state index in [1.54, 1.807) is 18.2 Å². The van der Waals surface area contributed by atoms with E-state index in [0.29, 0.717) is 29.0 Å². The van der Waals surface area contributed by atoms with Gasteiger partial charge in [0.25, 0.3) is 5.91 Å². The molecular formula is C26H23NO3. The first-order valence-electron chi connectivity index (χ1n) is 9.91. The summed E-state index contributed by atoms with van der Waals surface area (Å²) >= 11 is 0. The van der Waals surface area contributed by atoms with Crippen LogP contribution in [0.4, 0.5) is 5.69 Å². The van der Waals surface area contributed by atoms with E-state index < -0.39 is 5.60 Å². The number of hydrogen-bond acceptors (Lipinski definition) is 3. The van der Waals surface area contributed by atoms with Gasteiger partial charge in [0.2, 0.25) is 0 Å². The van der Waals surface area contributed by atoms with Crippen LogP contribution < -0.4 is 10.1 Å². The number of fused-ring (bicyclic) bond motifs is 1. The quantitative estimate of drug-likeness (QED) is 0.460. The molecule has 30 heavy (non-hydrogen) atoms. The van der Waals surface area contributed by atoms with E-state index >= 15 is 0 Å². The van der Waals surface area contributed by atoms with Crippen molar-refractivity contribution in [3.8, 4) is 5.75 Å². The van der Waals surface area contributed by atoms with E-state index in [-0.39, 0.29) is 11.7 Å². The molecule has 1 N–H and O–H groups in total. The van der Waals surface area contributed by atoms with Gasteiger partial charge >= 0.3 is 0 Å². The molecule has 1 aliphatic rings. The minimum absolute atomic E-state index is 0.0143. The molecule has 0 atom stereocenters. The molecule has 1 amide bonds. The fraction of sp³-hybridized carbons (Fsp3) is 0.154. The van der Waals surface area contributed by atoms with E-state index in [4.69, 9.17) is 4.74 Å². The molecule has 4 rings (SSSR count). The topological polar surface area (TPSA) is 55.4 Å². The highest BCUT2D eigenvalue weighted by Gasteiger charge is 2.32. The minimum Gasteiger partial charge on any atom is -0.487 e. The van der Waals surface area contributed by atoms with Gasteiger partial charge in [0.05, 0.1) is 12.0 Å². The van der Waals surface area contributed by atoms with Crippen molar-refractivity contribution < 1.29 is 14.3 Å². The van der Waals surface area contributed by atoms with Crippen molar-refractivity contribution >= 4 is 29.0 Å². The lowest BCUT2D eigenvalue weighted by Gasteiger charge is -2.31. The predicted molar refractivity (Wildman–Crippen MR) is 119 cm³/mol. The van der Waals surface area contributed by atoms with E-state index in [0.717, 1.165) is 11.1 Å². The van der Waals surface area contributed by atoms with E-state index in [1.807, 2.05) is 80.6 Å². The second-order valence-corrected chi connectivity index (χ2v) is 7.96. The molecule has 4 nitrogen and oxygen atoms in total. The second-order valence-electron chi connectivity index (χ2n) is 7.96. The number of hydrogen-bond donors (Lipinski definition) is 1. The van der Waals surface area contributed by atoms with Crippen LogP contribution in [0.15, 0.2) is 78.9 Å². The molecule has 0 fully saturated rings. The van der Waals surface area contributed by atoms with Crippen LogP contribution >= 0.6 is 0 Å². The molecule has 3 aromatic rings. The number of anilines is 1. The van der Waals surface area contributed by atoms with Crippen LogP contribution in [0.1, 0.15) is 41.8 Å². The van der Waals surface area contributed by atoms with Crippen molar-refractivity contribution in [2.45, 2.75) is 25.9 Å². The summed E-state index contributed by atoms with van der Waals surface area (Å²) in [5.74, 6) is 0.326. The van der Waals surface area contributed by atoms with Gasteiger partial charge in [-0.1, -0.05) is 60.7 Å². The van der Waals surface area contributed by atoms with Gasteiger partial charge < -0.3 is 10.1 Å². The first-order chi connectivity index (χ1) is 14.4. The Morgan fingerprint density at radius 3 is 2.33 bits per heavy atom. The maximum absolute atomic E-state index is 13.2. The van der Waals surface area contributed by atoms with Gasteiger partial charge in [-0.15, -0.1) is 0 Å². The third-order valence-corrected chi connectivity index (χ3v) is 4.95. The summed E-state index contributed by atoms with van der Waals surface area (Å²) in [6.07, 6.45) is 2.17. The highest BCUT2D eigenvalue weighted by atomic mass is 16.5. The van der Waals surface area contributed by atoms with Gasteiger partial charge in [-0.05, 0) is 49.2 Å². The summed E-state index contributed by atoms with van der Waals surface area (Å²) in [7, 11) is 0. The molecular weight excluding hydrogens is 374 g/mol. The third-order valence-electron chi connectivity index (χ3n) is 4.95. The second kappa shape index (κ2) is 7.99. The van der Waals surface area contributed by atoms with Crippen molar-refractivity contribution in [1.82, 2.24) is 0 Å². The first-order valence-corrected chi connectivity index (χ1v) is 9.91. The number of Topliss-reactive ketones (excluding diaryl/α,β-unsaturated/α-hetero) is 1. The molecule has 4 heteroatoms. The Balaban J connectivity index is 1.65. The summed E-state index contributed by atoms with van der Waals surface area (Å²) in [4.78, 5) is 25.7. The smallest absolute Gasteiger partial charge is 0.256 e. The van der Waals surface area contributed by atoms with Crippen molar-refractivity contribution in [1.29, 1.82) is 0 Å². The highest BCUT2D eigenvalue weighted by molar-refractivity contribution is 6.29. The minimum atomic E-state index is -0.520. The Labute approximate surface area is 176 Å². The fourth-order valence-electron chi connectivity index (χ4n) is 3.54. The largest absolute Gasteiger partial charge is 0.487 e. The maximum atomic E-state index is 13.2. The van der Waals surface area contributed by atoms with Crippen LogP contribution in [0.25, 0.3) is 11.6 Å². The average molecular weight is 397 g/mol. The van der Waals surface area contributed by atoms with Gasteiger partial charge in [0, 0.05) is 11.3 Å². The van der Waals surface area contributed by atoms with Crippen LogP contribution in [0.3, 0.4) is 0 Å². The Morgan fingerprint density at radius 2 is 1.63 bits per heavy atom. The van der Waals surface area contributed by atoms with Crippen molar-refractivity contribution in [2.75, 3.05) is 5.32 Å². The average Bonchev–Trinajstić information content (AvgIpc) is 2.73. The van der Waals surface area contributed by atoms with E-state index in [2.05, 4.69) is 5.32 Å². The molecule has 1 heterocycles. The summed E-state index contributed by atoms with van der Waals surface area (Å²) in [5, 5.41) is 2.94. The first kappa shape index (κ1) is 19.6. The number of carbonyl (C=O) groups excluding carboxylic acids is 2. The summed E-state index contributed by atoms with van der Waals surface area (Å²) in [5.41, 5.74) is 2.84. The van der Waals surface area contributed by atoms with Crippen LogP contribution in [0, 0.1) is 0 Å². The molecule has 150 valence electrons. The zero-order valence-electron chi connectivity index (χ0n) is 17.0. The Kier molecular flexibility index (Phi) is 5.23. The molecule has 1 aliphatic heterocycles. The molecule has 3 aromatic carbocycles. The summed E-state index contributed by atoms with van der Waals surface area (Å²) in [6.45, 7) is 3.79. The van der Waals surface area contributed by atoms with Crippen molar-refractivity contribution in [2.24, 2.45) is 0 Å². The molecule has 0 radical (unpaired) electrons. The normalized spacial score (nSPS) is 15.1. The van der Waals surface area contributed by atoms with E-state index in [9.17, 15) is 9.59 Å². The molecule has 0 spiro atoms. The van der Waals surface area contributed by atoms with Crippen LogP contribution in [-0.4, -0.2) is 17.3 Å². The van der Waals surface area contributed by atoms with Crippen molar-refractivity contribution in [3.63, 3.8) is 0 Å². The fourth-order valence-corrected chi connectivity index (χ4v) is 3.54. The number of rotatable bonds is 4. The SMILES string of the molecule is CC1(C)CC(=O)c2cc(NC(=O)/C(=C\c3ccccc3)c3ccccc3)ccc2O1. The van der Waals surface area contributed by atoms with Crippen molar-refractivity contribution in [3.05, 3.63) is 95.6 Å². The Bertz CT molecular complexity index is 1120. The maximum Gasteiger partial charge on any atom is 0.256 e. The molecule has 0 bridgehead atoms. The lowest BCUT2D eigenvalue weighted by atomic mass is 9.93.